The van der Waals surface area contributed by atoms with Gasteiger partial charge >= 0.3 is 0 Å². The lowest BCUT2D eigenvalue weighted by Gasteiger charge is -2.09. The van der Waals surface area contributed by atoms with Gasteiger partial charge in [0.25, 0.3) is 5.91 Å². The van der Waals surface area contributed by atoms with Gasteiger partial charge in [0.05, 0.1) is 11.5 Å². The maximum Gasteiger partial charge on any atom is 0.269 e. The number of aromatic amines is 1. The standard InChI is InChI=1S/C20H21N3O3S2/c24-19(18-14-22-20(27)23(18)17-10-5-2-6-11-17)21-12-7-13-28(25,26)15-16-8-3-1-4-9-16/h1-6,8-11,14H,7,12-13,15H2,(H,21,24)(H,22,27). The highest BCUT2D eigenvalue weighted by Gasteiger charge is 2.15. The number of hydrogen-bond donors (Lipinski definition) is 2. The number of H-pyrrole nitrogens is 1. The second kappa shape index (κ2) is 8.99. The van der Waals surface area contributed by atoms with Crippen LogP contribution < -0.4 is 5.32 Å². The predicted octanol–water partition coefficient (Wildman–Crippen LogP) is 3.27. The summed E-state index contributed by atoms with van der Waals surface area (Å²) in [5.41, 5.74) is 1.92. The van der Waals surface area contributed by atoms with E-state index < -0.39 is 9.84 Å². The molecule has 0 saturated heterocycles. The normalized spacial score (nSPS) is 11.3. The molecule has 0 aliphatic rings. The summed E-state index contributed by atoms with van der Waals surface area (Å²) in [6.45, 7) is 0.263. The van der Waals surface area contributed by atoms with E-state index in [1.165, 1.54) is 0 Å². The minimum absolute atomic E-state index is 0.00686. The Morgan fingerprint density at radius 1 is 1.04 bits per heavy atom. The summed E-state index contributed by atoms with van der Waals surface area (Å²) in [4.78, 5) is 15.4. The second-order valence-electron chi connectivity index (χ2n) is 6.34. The predicted molar refractivity (Wildman–Crippen MR) is 112 cm³/mol. The van der Waals surface area contributed by atoms with Gasteiger partial charge in [0, 0.05) is 18.4 Å². The first-order chi connectivity index (χ1) is 13.5. The van der Waals surface area contributed by atoms with Crippen LogP contribution in [0.3, 0.4) is 0 Å². The highest BCUT2D eigenvalue weighted by Crippen LogP contribution is 2.12. The van der Waals surface area contributed by atoms with Gasteiger partial charge in [-0.25, -0.2) is 8.42 Å². The number of imidazole rings is 1. The van der Waals surface area contributed by atoms with Crippen molar-refractivity contribution in [2.75, 3.05) is 12.3 Å². The molecule has 0 aliphatic heterocycles. The molecule has 8 heteroatoms. The van der Waals surface area contributed by atoms with Crippen molar-refractivity contribution < 1.29 is 13.2 Å². The van der Waals surface area contributed by atoms with Crippen LogP contribution in [-0.4, -0.2) is 36.2 Å². The molecule has 0 atom stereocenters. The van der Waals surface area contributed by atoms with Crippen molar-refractivity contribution in [1.82, 2.24) is 14.9 Å². The molecule has 0 bridgehead atoms. The number of hydrogen-bond acceptors (Lipinski definition) is 4. The second-order valence-corrected chi connectivity index (χ2v) is 8.91. The number of aromatic nitrogens is 2. The fourth-order valence-corrected chi connectivity index (χ4v) is 4.55. The first kappa shape index (κ1) is 20.0. The van der Waals surface area contributed by atoms with Crippen LogP contribution in [0.25, 0.3) is 5.69 Å². The zero-order valence-corrected chi connectivity index (χ0v) is 16.8. The van der Waals surface area contributed by atoms with Crippen LogP contribution in [0.2, 0.25) is 0 Å². The van der Waals surface area contributed by atoms with Crippen LogP contribution in [0.5, 0.6) is 0 Å². The third kappa shape index (κ3) is 5.17. The van der Waals surface area contributed by atoms with Crippen LogP contribution in [0.4, 0.5) is 0 Å². The molecule has 28 heavy (non-hydrogen) atoms. The fourth-order valence-electron chi connectivity index (χ4n) is 2.85. The average molecular weight is 416 g/mol. The van der Waals surface area contributed by atoms with E-state index in [0.717, 1.165) is 11.3 Å². The summed E-state index contributed by atoms with van der Waals surface area (Å²) in [5, 5.41) is 2.77. The van der Waals surface area contributed by atoms with Gasteiger partial charge in [-0.2, -0.15) is 0 Å². The number of rotatable bonds is 8. The van der Waals surface area contributed by atoms with Crippen LogP contribution >= 0.6 is 12.2 Å². The summed E-state index contributed by atoms with van der Waals surface area (Å²) >= 11 is 5.27. The minimum atomic E-state index is -3.22. The molecule has 3 rings (SSSR count). The Morgan fingerprint density at radius 3 is 2.36 bits per heavy atom. The molecule has 2 N–H and O–H groups in total. The Hall–Kier alpha value is -2.71. The topological polar surface area (TPSA) is 84.0 Å². The van der Waals surface area contributed by atoms with Crippen molar-refractivity contribution in [3.8, 4) is 5.69 Å². The molecule has 1 heterocycles. The molecule has 6 nitrogen and oxygen atoms in total. The van der Waals surface area contributed by atoms with Crippen molar-refractivity contribution >= 4 is 28.0 Å². The Kier molecular flexibility index (Phi) is 6.43. The Morgan fingerprint density at radius 2 is 1.68 bits per heavy atom. The van der Waals surface area contributed by atoms with Gasteiger partial charge in [-0.3, -0.25) is 9.36 Å². The lowest BCUT2D eigenvalue weighted by molar-refractivity contribution is 0.0946. The molecule has 0 fully saturated rings. The molecule has 0 radical (unpaired) electrons. The molecule has 0 saturated carbocycles. The van der Waals surface area contributed by atoms with Crippen LogP contribution in [0, 0.1) is 4.77 Å². The molecule has 1 amide bonds. The van der Waals surface area contributed by atoms with Crippen LogP contribution in [0.15, 0.2) is 66.9 Å². The fraction of sp³-hybridized carbons (Fsp3) is 0.200. The first-order valence-corrected chi connectivity index (χ1v) is 11.1. The zero-order chi connectivity index (χ0) is 20.0. The summed E-state index contributed by atoms with van der Waals surface area (Å²) in [6.07, 6.45) is 1.90. The molecule has 1 aromatic heterocycles. The van der Waals surface area contributed by atoms with Gasteiger partial charge in [0.1, 0.15) is 5.69 Å². The Balaban J connectivity index is 1.56. The average Bonchev–Trinajstić information content (AvgIpc) is 3.08. The van der Waals surface area contributed by atoms with E-state index in [9.17, 15) is 13.2 Å². The van der Waals surface area contributed by atoms with Crippen molar-refractivity contribution in [1.29, 1.82) is 0 Å². The lowest BCUT2D eigenvalue weighted by atomic mass is 10.2. The highest BCUT2D eigenvalue weighted by molar-refractivity contribution is 7.90. The SMILES string of the molecule is O=C(NCCCS(=O)(=O)Cc1ccccc1)c1c[nH]c(=S)n1-c1ccccc1. The number of amides is 1. The quantitative estimate of drug-likeness (QED) is 0.437. The van der Waals surface area contributed by atoms with Gasteiger partial charge in [-0.15, -0.1) is 0 Å². The van der Waals surface area contributed by atoms with E-state index in [2.05, 4.69) is 10.3 Å². The maximum absolute atomic E-state index is 12.5. The number of carbonyl (C=O) groups excluding carboxylic acids is 1. The minimum Gasteiger partial charge on any atom is -0.351 e. The van der Waals surface area contributed by atoms with E-state index >= 15 is 0 Å². The third-order valence-corrected chi connectivity index (χ3v) is 6.15. The van der Waals surface area contributed by atoms with E-state index in [1.807, 2.05) is 48.5 Å². The molecule has 146 valence electrons. The van der Waals surface area contributed by atoms with Crippen molar-refractivity contribution in [2.45, 2.75) is 12.2 Å². The summed E-state index contributed by atoms with van der Waals surface area (Å²) in [7, 11) is -3.22. The number of nitrogens with zero attached hydrogens (tertiary/aromatic N) is 1. The highest BCUT2D eigenvalue weighted by atomic mass is 32.2. The summed E-state index contributed by atoms with van der Waals surface area (Å²) in [5.74, 6) is -0.288. The number of sulfone groups is 1. The van der Waals surface area contributed by atoms with Crippen LogP contribution in [0.1, 0.15) is 22.5 Å². The molecule has 3 aromatic rings. The zero-order valence-electron chi connectivity index (χ0n) is 15.2. The number of carbonyl (C=O) groups is 1. The van der Waals surface area contributed by atoms with E-state index in [0.29, 0.717) is 16.9 Å². The lowest BCUT2D eigenvalue weighted by Crippen LogP contribution is -2.28. The molecule has 2 aromatic carbocycles. The van der Waals surface area contributed by atoms with Gasteiger partial charge in [0.2, 0.25) is 0 Å². The van der Waals surface area contributed by atoms with Crippen LogP contribution in [-0.2, 0) is 15.6 Å². The Labute approximate surface area is 169 Å². The number of para-hydroxylation sites is 1. The maximum atomic E-state index is 12.5. The first-order valence-electron chi connectivity index (χ1n) is 8.85. The number of nitrogens with one attached hydrogen (secondary N) is 2. The molecular weight excluding hydrogens is 394 g/mol. The largest absolute Gasteiger partial charge is 0.351 e. The smallest absolute Gasteiger partial charge is 0.269 e. The molecule has 0 unspecified atom stereocenters. The molecule has 0 spiro atoms. The van der Waals surface area contributed by atoms with Gasteiger partial charge in [0.15, 0.2) is 14.6 Å². The summed E-state index contributed by atoms with van der Waals surface area (Å²) in [6, 6.07) is 18.4. The summed E-state index contributed by atoms with van der Waals surface area (Å²) < 4.78 is 26.5. The van der Waals surface area contributed by atoms with Gasteiger partial charge in [-0.05, 0) is 36.3 Å². The Bertz CT molecular complexity index is 1090. The van der Waals surface area contributed by atoms with Crippen molar-refractivity contribution in [2.24, 2.45) is 0 Å². The van der Waals surface area contributed by atoms with E-state index in [-0.39, 0.29) is 24.0 Å². The van der Waals surface area contributed by atoms with Crippen molar-refractivity contribution in [3.05, 3.63) is 82.9 Å². The van der Waals surface area contributed by atoms with Gasteiger partial charge in [-0.1, -0.05) is 48.5 Å². The third-order valence-electron chi connectivity index (χ3n) is 4.17. The molecule has 0 aliphatic carbocycles. The monoisotopic (exact) mass is 415 g/mol. The van der Waals surface area contributed by atoms with E-state index in [4.69, 9.17) is 12.2 Å². The van der Waals surface area contributed by atoms with Crippen molar-refractivity contribution in [3.63, 3.8) is 0 Å². The molecular formula is C20H21N3O3S2. The van der Waals surface area contributed by atoms with Gasteiger partial charge < -0.3 is 10.3 Å². The van der Waals surface area contributed by atoms with E-state index in [1.54, 1.807) is 22.9 Å². The number of benzene rings is 2.